The number of rotatable bonds is 2. The number of hydrogen-bond donors (Lipinski definition) is 2. The Labute approximate surface area is 139 Å². The van der Waals surface area contributed by atoms with E-state index in [2.05, 4.69) is 15.5 Å². The van der Waals surface area contributed by atoms with Crippen LogP contribution in [0.3, 0.4) is 0 Å². The third kappa shape index (κ3) is 4.45. The number of ether oxygens (including phenoxy) is 1. The lowest BCUT2D eigenvalue weighted by Crippen LogP contribution is -2.58. The fraction of sp³-hybridized carbons (Fsp3) is 0.929. The van der Waals surface area contributed by atoms with E-state index >= 15 is 0 Å². The molecule has 0 aromatic heterocycles. The number of morpholine rings is 1. The Balaban J connectivity index is 0.00000110. The van der Waals surface area contributed by atoms with Gasteiger partial charge in [-0.1, -0.05) is 0 Å². The van der Waals surface area contributed by atoms with E-state index in [4.69, 9.17) is 4.74 Å². The van der Waals surface area contributed by atoms with Crippen molar-refractivity contribution in [2.75, 3.05) is 26.2 Å². The van der Waals surface area contributed by atoms with Gasteiger partial charge in [0.05, 0.1) is 12.7 Å². The van der Waals surface area contributed by atoms with Crippen LogP contribution in [0.25, 0.3) is 0 Å². The number of amides is 1. The number of nitrogens with zero attached hydrogens (tertiary/aromatic N) is 1. The minimum atomic E-state index is -0.185. The second-order valence-electron chi connectivity index (χ2n) is 6.07. The molecule has 0 aromatic rings. The maximum absolute atomic E-state index is 12.3. The van der Waals surface area contributed by atoms with Crippen LogP contribution in [0, 0.1) is 0 Å². The topological polar surface area (TPSA) is 53.6 Å². The lowest BCUT2D eigenvalue weighted by atomic mass is 9.97. The summed E-state index contributed by atoms with van der Waals surface area (Å²) in [6.07, 6.45) is 4.80. The summed E-state index contributed by atoms with van der Waals surface area (Å²) in [5.41, 5.74) is 0. The zero-order valence-corrected chi connectivity index (χ0v) is 14.2. The van der Waals surface area contributed by atoms with Crippen LogP contribution in [-0.4, -0.2) is 61.3 Å². The largest absolute Gasteiger partial charge is 0.375 e. The van der Waals surface area contributed by atoms with E-state index in [0.717, 1.165) is 25.9 Å². The third-order valence-corrected chi connectivity index (χ3v) is 4.77. The molecule has 0 aromatic carbocycles. The lowest BCUT2D eigenvalue weighted by Gasteiger charge is -2.37. The predicted octanol–water partition coefficient (Wildman–Crippen LogP) is 0.950. The van der Waals surface area contributed by atoms with Crippen molar-refractivity contribution in [3.8, 4) is 0 Å². The summed E-state index contributed by atoms with van der Waals surface area (Å²) in [7, 11) is 0. The normalized spacial score (nSPS) is 36.0. The molecular formula is C14H27Cl2N3O2. The summed E-state index contributed by atoms with van der Waals surface area (Å²) in [6, 6.07) is 0.866. The number of carbonyl (C=O) groups excluding carboxylic acids is 1. The van der Waals surface area contributed by atoms with Gasteiger partial charge in [0.1, 0.15) is 6.04 Å². The summed E-state index contributed by atoms with van der Waals surface area (Å²) in [5, 5.41) is 6.48. The molecule has 2 N–H and O–H groups in total. The first-order valence-electron chi connectivity index (χ1n) is 7.63. The molecule has 1 amide bonds. The summed E-state index contributed by atoms with van der Waals surface area (Å²) in [6.45, 7) is 5.82. The van der Waals surface area contributed by atoms with Crippen molar-refractivity contribution in [2.45, 2.75) is 56.8 Å². The Bertz CT molecular complexity index is 346. The van der Waals surface area contributed by atoms with Gasteiger partial charge in [-0.05, 0) is 39.2 Å². The Morgan fingerprint density at radius 1 is 1.29 bits per heavy atom. The average Bonchev–Trinajstić information content (AvgIpc) is 2.86. The summed E-state index contributed by atoms with van der Waals surface area (Å²) in [4.78, 5) is 14.9. The van der Waals surface area contributed by atoms with Crippen LogP contribution in [0.15, 0.2) is 0 Å². The van der Waals surface area contributed by atoms with E-state index in [-0.39, 0.29) is 42.9 Å². The molecule has 7 heteroatoms. The van der Waals surface area contributed by atoms with E-state index in [1.165, 1.54) is 19.4 Å². The minimum absolute atomic E-state index is 0. The number of fused-ring (bicyclic) bond motifs is 1. The van der Waals surface area contributed by atoms with Crippen LogP contribution in [0.2, 0.25) is 0 Å². The lowest BCUT2D eigenvalue weighted by molar-refractivity contribution is -0.130. The Hall–Kier alpha value is -0.0700. The van der Waals surface area contributed by atoms with Crippen molar-refractivity contribution < 1.29 is 9.53 Å². The molecule has 4 atom stereocenters. The number of nitrogens with one attached hydrogen (secondary N) is 2. The highest BCUT2D eigenvalue weighted by Gasteiger charge is 2.34. The van der Waals surface area contributed by atoms with Gasteiger partial charge in [-0.15, -0.1) is 24.8 Å². The second-order valence-corrected chi connectivity index (χ2v) is 6.07. The first-order valence-corrected chi connectivity index (χ1v) is 7.63. The molecule has 2 unspecified atom stereocenters. The van der Waals surface area contributed by atoms with Gasteiger partial charge in [0.2, 0.25) is 5.91 Å². The smallest absolute Gasteiger partial charge is 0.240 e. The highest BCUT2D eigenvalue weighted by atomic mass is 35.5. The van der Waals surface area contributed by atoms with Gasteiger partial charge >= 0.3 is 0 Å². The molecule has 3 rings (SSSR count). The molecule has 124 valence electrons. The molecular weight excluding hydrogens is 313 g/mol. The maximum Gasteiger partial charge on any atom is 0.240 e. The van der Waals surface area contributed by atoms with E-state index in [9.17, 15) is 4.79 Å². The first kappa shape index (κ1) is 19.0. The standard InChI is InChI=1S/C14H25N3O2.2ClH/c1-10-13(15-5-8-19-10)14(18)16-11-4-7-17-6-2-3-12(17)9-11;;/h10-13,15H,2-9H2,1H3,(H,16,18);2*1H/t10-,11?,12?,13+;;/m1../s1. The fourth-order valence-corrected chi connectivity index (χ4v) is 3.67. The van der Waals surface area contributed by atoms with E-state index in [0.29, 0.717) is 18.7 Å². The molecule has 5 nitrogen and oxygen atoms in total. The van der Waals surface area contributed by atoms with E-state index in [1.807, 2.05) is 6.92 Å². The molecule has 0 bridgehead atoms. The van der Waals surface area contributed by atoms with Crippen molar-refractivity contribution in [2.24, 2.45) is 0 Å². The molecule has 21 heavy (non-hydrogen) atoms. The zero-order chi connectivity index (χ0) is 13.2. The van der Waals surface area contributed by atoms with Gasteiger partial charge in [-0.3, -0.25) is 4.79 Å². The van der Waals surface area contributed by atoms with Gasteiger partial charge in [0.25, 0.3) is 0 Å². The number of hydrogen-bond acceptors (Lipinski definition) is 4. The van der Waals surface area contributed by atoms with Gasteiger partial charge in [-0.2, -0.15) is 0 Å². The summed E-state index contributed by atoms with van der Waals surface area (Å²) >= 11 is 0. The van der Waals surface area contributed by atoms with Crippen LogP contribution >= 0.6 is 24.8 Å². The molecule has 0 radical (unpaired) electrons. The van der Waals surface area contributed by atoms with Gasteiger partial charge < -0.3 is 20.3 Å². The van der Waals surface area contributed by atoms with Crippen LogP contribution in [-0.2, 0) is 9.53 Å². The average molecular weight is 340 g/mol. The molecule has 0 saturated carbocycles. The minimum Gasteiger partial charge on any atom is -0.375 e. The Kier molecular flexibility index (Phi) is 7.71. The second kappa shape index (κ2) is 8.53. The molecule has 3 saturated heterocycles. The van der Waals surface area contributed by atoms with Crippen molar-refractivity contribution in [1.82, 2.24) is 15.5 Å². The highest BCUT2D eigenvalue weighted by molar-refractivity contribution is 5.85. The number of halogens is 2. The molecule has 0 aliphatic carbocycles. The summed E-state index contributed by atoms with van der Waals surface area (Å²) in [5.74, 6) is 0.114. The highest BCUT2D eigenvalue weighted by Crippen LogP contribution is 2.26. The van der Waals surface area contributed by atoms with E-state index in [1.54, 1.807) is 0 Å². The Morgan fingerprint density at radius 2 is 2.10 bits per heavy atom. The van der Waals surface area contributed by atoms with Crippen molar-refractivity contribution in [3.05, 3.63) is 0 Å². The van der Waals surface area contributed by atoms with Gasteiger partial charge in [0.15, 0.2) is 0 Å². The quantitative estimate of drug-likeness (QED) is 0.786. The van der Waals surface area contributed by atoms with Crippen LogP contribution in [0.4, 0.5) is 0 Å². The third-order valence-electron chi connectivity index (χ3n) is 4.77. The van der Waals surface area contributed by atoms with Crippen LogP contribution in [0.1, 0.15) is 32.6 Å². The molecule has 3 fully saturated rings. The maximum atomic E-state index is 12.3. The van der Waals surface area contributed by atoms with E-state index < -0.39 is 0 Å². The predicted molar refractivity (Wildman–Crippen MR) is 87.5 cm³/mol. The number of piperidine rings is 1. The fourth-order valence-electron chi connectivity index (χ4n) is 3.67. The van der Waals surface area contributed by atoms with Gasteiger partial charge in [0, 0.05) is 25.2 Å². The summed E-state index contributed by atoms with van der Waals surface area (Å²) < 4.78 is 5.54. The molecule has 3 heterocycles. The number of carbonyl (C=O) groups is 1. The monoisotopic (exact) mass is 339 g/mol. The Morgan fingerprint density at radius 3 is 2.86 bits per heavy atom. The zero-order valence-electron chi connectivity index (χ0n) is 12.5. The SMILES string of the molecule is C[C@H]1OCCN[C@@H]1C(=O)NC1CCN2CCCC2C1.Cl.Cl. The van der Waals surface area contributed by atoms with Crippen molar-refractivity contribution in [3.63, 3.8) is 0 Å². The first-order chi connectivity index (χ1) is 9.24. The van der Waals surface area contributed by atoms with Crippen LogP contribution < -0.4 is 10.6 Å². The molecule has 3 aliphatic heterocycles. The van der Waals surface area contributed by atoms with Gasteiger partial charge in [-0.25, -0.2) is 0 Å². The van der Waals surface area contributed by atoms with Crippen LogP contribution in [0.5, 0.6) is 0 Å². The van der Waals surface area contributed by atoms with Crippen molar-refractivity contribution >= 4 is 30.7 Å². The molecule has 3 aliphatic rings. The van der Waals surface area contributed by atoms with Crippen molar-refractivity contribution in [1.29, 1.82) is 0 Å². The molecule has 0 spiro atoms.